The van der Waals surface area contributed by atoms with E-state index in [0.29, 0.717) is 13.0 Å². The van der Waals surface area contributed by atoms with Crippen LogP contribution >= 0.6 is 0 Å². The Bertz CT molecular complexity index is 1810. The molecule has 0 aliphatic rings. The maximum atomic E-state index is 13.8. The van der Waals surface area contributed by atoms with E-state index >= 15 is 0 Å². The Balaban J connectivity index is 1.56. The van der Waals surface area contributed by atoms with Crippen molar-refractivity contribution in [3.05, 3.63) is 137 Å². The maximum Gasteiger partial charge on any atom is 0.251 e. The van der Waals surface area contributed by atoms with Crippen molar-refractivity contribution in [1.82, 2.24) is 16.0 Å². The molecule has 49 heavy (non-hydrogen) atoms. The lowest BCUT2D eigenvalue weighted by molar-refractivity contribution is 0.0830. The first-order valence-corrected chi connectivity index (χ1v) is 18.2. The third kappa shape index (κ3) is 11.3. The molecule has 0 unspecified atom stereocenters. The molecule has 0 radical (unpaired) electrons. The van der Waals surface area contributed by atoms with Gasteiger partial charge in [0.2, 0.25) is 10.0 Å². The highest BCUT2D eigenvalue weighted by Gasteiger charge is 2.24. The number of anilines is 1. The molecule has 4 rings (SSSR count). The van der Waals surface area contributed by atoms with Gasteiger partial charge in [-0.2, -0.15) is 0 Å². The molecule has 260 valence electrons. The van der Waals surface area contributed by atoms with Gasteiger partial charge in [0.25, 0.3) is 11.8 Å². The molecule has 0 bridgehead atoms. The lowest BCUT2D eigenvalue weighted by Crippen LogP contribution is -2.48. The summed E-state index contributed by atoms with van der Waals surface area (Å²) in [6, 6.07) is 30.5. The van der Waals surface area contributed by atoms with Crippen LogP contribution in [0.1, 0.15) is 83.6 Å². The van der Waals surface area contributed by atoms with Crippen LogP contribution in [0.5, 0.6) is 0 Å². The van der Waals surface area contributed by atoms with Crippen LogP contribution in [0.2, 0.25) is 0 Å². The number of carbonyl (C=O) groups excluding carboxylic acids is 2. The molecule has 4 aromatic rings. The van der Waals surface area contributed by atoms with Crippen LogP contribution in [0.3, 0.4) is 0 Å². The summed E-state index contributed by atoms with van der Waals surface area (Å²) in [4.78, 5) is 27.2. The van der Waals surface area contributed by atoms with Crippen molar-refractivity contribution >= 4 is 27.5 Å². The van der Waals surface area contributed by atoms with Crippen molar-refractivity contribution in [3.63, 3.8) is 0 Å². The molecule has 0 fully saturated rings. The van der Waals surface area contributed by atoms with Gasteiger partial charge in [-0.15, -0.1) is 0 Å². The Morgan fingerprint density at radius 3 is 1.98 bits per heavy atom. The van der Waals surface area contributed by atoms with Crippen LogP contribution in [0.25, 0.3) is 0 Å². The first kappa shape index (κ1) is 37.3. The predicted molar refractivity (Wildman–Crippen MR) is 196 cm³/mol. The first-order valence-electron chi connectivity index (χ1n) is 16.6. The van der Waals surface area contributed by atoms with Gasteiger partial charge in [-0.05, 0) is 66.1 Å². The lowest BCUT2D eigenvalue weighted by Gasteiger charge is -2.25. The number of nitrogens with one attached hydrogen (secondary N) is 4. The summed E-state index contributed by atoms with van der Waals surface area (Å²) in [5.41, 5.74) is 4.40. The fourth-order valence-corrected chi connectivity index (χ4v) is 5.98. The van der Waals surface area contributed by atoms with Crippen molar-refractivity contribution < 1.29 is 23.1 Å². The molecule has 0 spiro atoms. The number of sulfonamides is 1. The predicted octanol–water partition coefficient (Wildman–Crippen LogP) is 5.73. The minimum atomic E-state index is -3.71. The Labute approximate surface area is 290 Å². The van der Waals surface area contributed by atoms with E-state index in [0.717, 1.165) is 16.7 Å². The van der Waals surface area contributed by atoms with Gasteiger partial charge >= 0.3 is 0 Å². The van der Waals surface area contributed by atoms with Gasteiger partial charge in [-0.1, -0.05) is 106 Å². The Morgan fingerprint density at radius 2 is 1.37 bits per heavy atom. The fraction of sp³-hybridized carbons (Fsp3) is 0.333. The van der Waals surface area contributed by atoms with Crippen molar-refractivity contribution in [2.24, 2.45) is 0 Å². The second-order valence-corrected chi connectivity index (χ2v) is 15.3. The quantitative estimate of drug-likeness (QED) is 0.109. The Morgan fingerprint density at radius 1 is 0.776 bits per heavy atom. The number of aliphatic hydroxyl groups excluding tert-OH is 1. The van der Waals surface area contributed by atoms with Crippen LogP contribution in [0.4, 0.5) is 5.69 Å². The second kappa shape index (κ2) is 16.7. The highest BCUT2D eigenvalue weighted by Crippen LogP contribution is 2.23. The summed E-state index contributed by atoms with van der Waals surface area (Å²) in [7, 11) is -3.71. The molecule has 0 aliphatic carbocycles. The third-order valence-electron chi connectivity index (χ3n) is 8.31. The SMILES string of the molecule is CCS(=O)(=O)Nc1cc(C(=O)N[C@@H](Cc2ccccc2)[C@H](O)CNCc2cccc(C(C)(C)C)c2)cc(C(=O)N[C@H](C)c2ccccc2)c1. The molecular formula is C39H48N4O5S. The van der Waals surface area contributed by atoms with Gasteiger partial charge in [0, 0.05) is 24.2 Å². The third-order valence-corrected chi connectivity index (χ3v) is 9.62. The molecule has 0 saturated carbocycles. The fourth-order valence-electron chi connectivity index (χ4n) is 5.36. The zero-order chi connectivity index (χ0) is 35.6. The second-order valence-electron chi connectivity index (χ2n) is 13.3. The van der Waals surface area contributed by atoms with Gasteiger partial charge in [0.15, 0.2) is 0 Å². The summed E-state index contributed by atoms with van der Waals surface area (Å²) in [5.74, 6) is -1.21. The number of benzene rings is 4. The summed E-state index contributed by atoms with van der Waals surface area (Å²) >= 11 is 0. The number of amides is 2. The smallest absolute Gasteiger partial charge is 0.251 e. The van der Waals surface area contributed by atoms with E-state index in [2.05, 4.69) is 53.6 Å². The average Bonchev–Trinajstić information content (AvgIpc) is 3.08. The van der Waals surface area contributed by atoms with E-state index < -0.39 is 34.0 Å². The van der Waals surface area contributed by atoms with Gasteiger partial charge in [0.1, 0.15) is 0 Å². The molecule has 10 heteroatoms. The van der Waals surface area contributed by atoms with Crippen LogP contribution in [0, 0.1) is 0 Å². The van der Waals surface area contributed by atoms with E-state index in [-0.39, 0.29) is 40.6 Å². The molecule has 0 heterocycles. The zero-order valence-electron chi connectivity index (χ0n) is 28.9. The van der Waals surface area contributed by atoms with Crippen molar-refractivity contribution in [1.29, 1.82) is 0 Å². The summed E-state index contributed by atoms with van der Waals surface area (Å²) in [5, 5.41) is 20.6. The van der Waals surface area contributed by atoms with Crippen LogP contribution < -0.4 is 20.7 Å². The molecule has 0 aliphatic heterocycles. The first-order chi connectivity index (χ1) is 23.2. The highest BCUT2D eigenvalue weighted by atomic mass is 32.2. The molecule has 3 atom stereocenters. The van der Waals surface area contributed by atoms with Crippen LogP contribution in [-0.2, 0) is 28.4 Å². The zero-order valence-corrected chi connectivity index (χ0v) is 29.7. The summed E-state index contributed by atoms with van der Waals surface area (Å²) < 4.78 is 27.4. The maximum absolute atomic E-state index is 13.8. The number of carbonyl (C=O) groups is 2. The molecule has 4 aromatic carbocycles. The lowest BCUT2D eigenvalue weighted by atomic mass is 9.86. The summed E-state index contributed by atoms with van der Waals surface area (Å²) in [6.45, 7) is 10.6. The van der Waals surface area contributed by atoms with Crippen LogP contribution in [0.15, 0.2) is 103 Å². The van der Waals surface area contributed by atoms with Crippen molar-refractivity contribution in [2.75, 3.05) is 17.0 Å². The van der Waals surface area contributed by atoms with E-state index in [4.69, 9.17) is 0 Å². The number of hydrogen-bond acceptors (Lipinski definition) is 6. The molecule has 9 nitrogen and oxygen atoms in total. The minimum absolute atomic E-state index is 0.00875. The highest BCUT2D eigenvalue weighted by molar-refractivity contribution is 7.92. The average molecular weight is 685 g/mol. The van der Waals surface area contributed by atoms with Gasteiger partial charge < -0.3 is 21.1 Å². The number of rotatable bonds is 15. The van der Waals surface area contributed by atoms with E-state index in [1.165, 1.54) is 30.7 Å². The monoisotopic (exact) mass is 684 g/mol. The molecule has 0 saturated heterocycles. The van der Waals surface area contributed by atoms with Crippen molar-refractivity contribution in [3.8, 4) is 0 Å². The van der Waals surface area contributed by atoms with E-state index in [1.807, 2.05) is 79.7 Å². The van der Waals surface area contributed by atoms with Crippen LogP contribution in [-0.4, -0.2) is 49.8 Å². The molecule has 2 amide bonds. The number of aliphatic hydroxyl groups is 1. The van der Waals surface area contributed by atoms with E-state index in [9.17, 15) is 23.1 Å². The van der Waals surface area contributed by atoms with Gasteiger partial charge in [0.05, 0.1) is 29.6 Å². The van der Waals surface area contributed by atoms with Gasteiger partial charge in [-0.3, -0.25) is 14.3 Å². The topological polar surface area (TPSA) is 137 Å². The molecule has 0 aromatic heterocycles. The molecule has 5 N–H and O–H groups in total. The standard InChI is InChI=1S/C39H48N4O5S/c1-6-49(47,48)43-34-23-31(37(45)41-27(2)30-17-11-8-12-18-30)22-32(24-34)38(46)42-35(21-28-14-9-7-10-15-28)36(44)26-40-25-29-16-13-19-33(20-29)39(3,4)5/h7-20,22-24,27,35-36,40,43-44H,6,21,25-26H2,1-5H3,(H,41,45)(H,42,46)/t27-,35+,36-/m1/s1. The van der Waals surface area contributed by atoms with Crippen molar-refractivity contribution in [2.45, 2.75) is 71.2 Å². The summed E-state index contributed by atoms with van der Waals surface area (Å²) in [6.07, 6.45) is -0.620. The number of hydrogen-bond donors (Lipinski definition) is 5. The Kier molecular flexibility index (Phi) is 12.7. The van der Waals surface area contributed by atoms with Gasteiger partial charge in [-0.25, -0.2) is 8.42 Å². The normalized spacial score (nSPS) is 13.6. The van der Waals surface area contributed by atoms with E-state index in [1.54, 1.807) is 0 Å². The minimum Gasteiger partial charge on any atom is -0.390 e. The largest absolute Gasteiger partial charge is 0.390 e. The Hall–Kier alpha value is -4.51. The molecular weight excluding hydrogens is 637 g/mol.